The van der Waals surface area contributed by atoms with E-state index in [0.29, 0.717) is 17.8 Å². The van der Waals surface area contributed by atoms with Crippen LogP contribution in [-0.4, -0.2) is 15.4 Å². The van der Waals surface area contributed by atoms with Gasteiger partial charge in [-0.2, -0.15) is 0 Å². The molecule has 1 aromatic heterocycles. The van der Waals surface area contributed by atoms with Gasteiger partial charge in [-0.25, -0.2) is 4.98 Å². The maximum Gasteiger partial charge on any atom is 0.111 e. The SMILES string of the molecule is CC1CCCC(n2c(CCCl)nc3ccc(Cl)cc32)C1C. The number of nitrogens with zero attached hydrogens (tertiary/aromatic N) is 2. The Kier molecular flexibility index (Phi) is 4.46. The zero-order valence-electron chi connectivity index (χ0n) is 12.6. The lowest BCUT2D eigenvalue weighted by atomic mass is 9.78. The number of aromatic nitrogens is 2. The third-order valence-electron chi connectivity index (χ3n) is 5.04. The van der Waals surface area contributed by atoms with E-state index in [1.165, 1.54) is 19.3 Å². The van der Waals surface area contributed by atoms with Gasteiger partial charge < -0.3 is 4.57 Å². The molecule has 0 spiro atoms. The van der Waals surface area contributed by atoms with E-state index in [1.807, 2.05) is 18.2 Å². The molecule has 3 atom stereocenters. The minimum atomic E-state index is 0.510. The molecular formula is C17H22Cl2N2. The van der Waals surface area contributed by atoms with E-state index >= 15 is 0 Å². The number of benzene rings is 1. The number of imidazole rings is 1. The summed E-state index contributed by atoms with van der Waals surface area (Å²) in [5.74, 6) is 3.12. The number of hydrogen-bond acceptors (Lipinski definition) is 1. The molecule has 0 amide bonds. The predicted molar refractivity (Wildman–Crippen MR) is 90.4 cm³/mol. The minimum absolute atomic E-state index is 0.510. The summed E-state index contributed by atoms with van der Waals surface area (Å²) in [4.78, 5) is 4.80. The Hall–Kier alpha value is -0.730. The van der Waals surface area contributed by atoms with Crippen LogP contribution < -0.4 is 0 Å². The van der Waals surface area contributed by atoms with Gasteiger partial charge in [0.1, 0.15) is 5.82 Å². The molecule has 0 aliphatic heterocycles. The summed E-state index contributed by atoms with van der Waals surface area (Å²) >= 11 is 12.2. The quantitative estimate of drug-likeness (QED) is 0.684. The Bertz CT molecular complexity index is 635. The van der Waals surface area contributed by atoms with E-state index in [-0.39, 0.29) is 0 Å². The Morgan fingerprint density at radius 2 is 2.10 bits per heavy atom. The largest absolute Gasteiger partial charge is 0.325 e. The average molecular weight is 325 g/mol. The van der Waals surface area contributed by atoms with Gasteiger partial charge in [0.25, 0.3) is 0 Å². The summed E-state index contributed by atoms with van der Waals surface area (Å²) in [6.45, 7) is 4.74. The molecular weight excluding hydrogens is 303 g/mol. The molecule has 2 nitrogen and oxygen atoms in total. The van der Waals surface area contributed by atoms with Crippen molar-refractivity contribution in [2.75, 3.05) is 5.88 Å². The Labute approximate surface area is 136 Å². The highest BCUT2D eigenvalue weighted by atomic mass is 35.5. The second kappa shape index (κ2) is 6.18. The van der Waals surface area contributed by atoms with Gasteiger partial charge >= 0.3 is 0 Å². The number of fused-ring (bicyclic) bond motifs is 1. The van der Waals surface area contributed by atoms with Gasteiger partial charge in [0.15, 0.2) is 0 Å². The molecule has 4 heteroatoms. The summed E-state index contributed by atoms with van der Waals surface area (Å²) in [5, 5.41) is 0.776. The van der Waals surface area contributed by atoms with Crippen LogP contribution in [0.3, 0.4) is 0 Å². The molecule has 3 rings (SSSR count). The van der Waals surface area contributed by atoms with Gasteiger partial charge in [-0.3, -0.25) is 0 Å². The highest BCUT2D eigenvalue weighted by Crippen LogP contribution is 2.40. The number of hydrogen-bond donors (Lipinski definition) is 0. The van der Waals surface area contributed by atoms with Crippen LogP contribution in [0.2, 0.25) is 5.02 Å². The third kappa shape index (κ3) is 2.80. The van der Waals surface area contributed by atoms with Crippen molar-refractivity contribution in [1.29, 1.82) is 0 Å². The number of aryl methyl sites for hydroxylation is 1. The van der Waals surface area contributed by atoms with Gasteiger partial charge in [0, 0.05) is 23.4 Å². The standard InChI is InChI=1S/C17H22Cl2N2/c1-11-4-3-5-15(12(11)2)21-16-10-13(19)6-7-14(16)20-17(21)8-9-18/h6-7,10-12,15H,3-5,8-9H2,1-2H3. The van der Waals surface area contributed by atoms with Crippen molar-refractivity contribution in [3.05, 3.63) is 29.0 Å². The van der Waals surface area contributed by atoms with Crippen LogP contribution in [0.4, 0.5) is 0 Å². The molecule has 0 radical (unpaired) electrons. The number of rotatable bonds is 3. The monoisotopic (exact) mass is 324 g/mol. The van der Waals surface area contributed by atoms with Crippen molar-refractivity contribution >= 4 is 34.2 Å². The summed E-state index contributed by atoms with van der Waals surface area (Å²) in [6.07, 6.45) is 4.65. The van der Waals surface area contributed by atoms with Crippen LogP contribution in [0, 0.1) is 11.8 Å². The van der Waals surface area contributed by atoms with Crippen LogP contribution in [0.1, 0.15) is 45.0 Å². The lowest BCUT2D eigenvalue weighted by Gasteiger charge is -2.36. The topological polar surface area (TPSA) is 17.8 Å². The van der Waals surface area contributed by atoms with Gasteiger partial charge in [-0.15, -0.1) is 11.6 Å². The van der Waals surface area contributed by atoms with Crippen LogP contribution >= 0.6 is 23.2 Å². The van der Waals surface area contributed by atoms with Crippen molar-refractivity contribution in [1.82, 2.24) is 9.55 Å². The van der Waals surface area contributed by atoms with Gasteiger partial charge in [0.05, 0.1) is 11.0 Å². The van der Waals surface area contributed by atoms with Crippen LogP contribution in [0.15, 0.2) is 18.2 Å². The second-order valence-corrected chi connectivity index (χ2v) is 7.12. The van der Waals surface area contributed by atoms with Crippen LogP contribution in [0.5, 0.6) is 0 Å². The molecule has 1 aromatic carbocycles. The Morgan fingerprint density at radius 3 is 2.86 bits per heavy atom. The smallest absolute Gasteiger partial charge is 0.111 e. The highest BCUT2D eigenvalue weighted by molar-refractivity contribution is 6.31. The normalized spacial score (nSPS) is 26.4. The van der Waals surface area contributed by atoms with E-state index < -0.39 is 0 Å². The van der Waals surface area contributed by atoms with Gasteiger partial charge in [0.2, 0.25) is 0 Å². The summed E-state index contributed by atoms with van der Waals surface area (Å²) in [5.41, 5.74) is 2.19. The fraction of sp³-hybridized carbons (Fsp3) is 0.588. The fourth-order valence-corrected chi connectivity index (χ4v) is 4.00. The first-order chi connectivity index (χ1) is 10.1. The van der Waals surface area contributed by atoms with E-state index in [9.17, 15) is 0 Å². The molecule has 1 saturated carbocycles. The van der Waals surface area contributed by atoms with Gasteiger partial charge in [-0.05, 0) is 36.5 Å². The summed E-state index contributed by atoms with van der Waals surface area (Å²) in [7, 11) is 0. The fourth-order valence-electron chi connectivity index (χ4n) is 3.67. The van der Waals surface area contributed by atoms with Crippen LogP contribution in [-0.2, 0) is 6.42 Å². The first-order valence-corrected chi connectivity index (χ1v) is 8.75. The molecule has 2 aromatic rings. The first kappa shape index (κ1) is 15.2. The second-order valence-electron chi connectivity index (χ2n) is 6.30. The van der Waals surface area contributed by atoms with Crippen molar-refractivity contribution in [3.63, 3.8) is 0 Å². The molecule has 1 aliphatic carbocycles. The third-order valence-corrected chi connectivity index (χ3v) is 5.46. The zero-order valence-corrected chi connectivity index (χ0v) is 14.2. The average Bonchev–Trinajstić information content (AvgIpc) is 2.80. The number of halogens is 2. The zero-order chi connectivity index (χ0) is 15.0. The van der Waals surface area contributed by atoms with E-state index in [0.717, 1.165) is 34.2 Å². The highest BCUT2D eigenvalue weighted by Gasteiger charge is 2.30. The molecule has 1 heterocycles. The van der Waals surface area contributed by atoms with E-state index in [1.54, 1.807) is 0 Å². The number of alkyl halides is 1. The Morgan fingerprint density at radius 1 is 1.29 bits per heavy atom. The minimum Gasteiger partial charge on any atom is -0.325 e. The maximum atomic E-state index is 6.21. The molecule has 0 bridgehead atoms. The molecule has 0 N–H and O–H groups in total. The molecule has 114 valence electrons. The molecule has 0 saturated heterocycles. The lowest BCUT2D eigenvalue weighted by Crippen LogP contribution is -2.28. The molecule has 1 fully saturated rings. The van der Waals surface area contributed by atoms with Crippen molar-refractivity contribution in [2.24, 2.45) is 11.8 Å². The summed E-state index contributed by atoms with van der Waals surface area (Å²) < 4.78 is 2.42. The van der Waals surface area contributed by atoms with E-state index in [2.05, 4.69) is 18.4 Å². The van der Waals surface area contributed by atoms with E-state index in [4.69, 9.17) is 28.2 Å². The lowest BCUT2D eigenvalue weighted by molar-refractivity contribution is 0.187. The molecule has 1 aliphatic rings. The van der Waals surface area contributed by atoms with Crippen molar-refractivity contribution in [2.45, 2.75) is 45.6 Å². The molecule has 21 heavy (non-hydrogen) atoms. The molecule has 3 unspecified atom stereocenters. The van der Waals surface area contributed by atoms with Gasteiger partial charge in [-0.1, -0.05) is 38.3 Å². The van der Waals surface area contributed by atoms with Crippen LogP contribution in [0.25, 0.3) is 11.0 Å². The van der Waals surface area contributed by atoms with Crippen molar-refractivity contribution < 1.29 is 0 Å². The Balaban J connectivity index is 2.13. The van der Waals surface area contributed by atoms with Crippen molar-refractivity contribution in [3.8, 4) is 0 Å². The summed E-state index contributed by atoms with van der Waals surface area (Å²) in [6, 6.07) is 6.49. The first-order valence-electron chi connectivity index (χ1n) is 7.84. The predicted octanol–water partition coefficient (Wildman–Crippen LogP) is 5.47. The maximum absolute atomic E-state index is 6.21.